The average Bonchev–Trinajstić information content (AvgIpc) is 2.11. The Balaban J connectivity index is 3.30. The maximum absolute atomic E-state index is 11.9. The third-order valence-electron chi connectivity index (χ3n) is 3.15. The molecule has 0 aromatic heterocycles. The van der Waals surface area contributed by atoms with E-state index in [1.54, 1.807) is 34.6 Å². The molecular formula is C11H16O3. The Morgan fingerprint density at radius 3 is 1.43 bits per heavy atom. The normalized spacial score (nSPS) is 26.8. The smallest absolute Gasteiger partial charge is 0.158 e. The number of carbonyl (C=O) groups excluding carboxylic acids is 3. The number of hydrogen-bond donors (Lipinski definition) is 0. The minimum atomic E-state index is -1.02. The summed E-state index contributed by atoms with van der Waals surface area (Å²) < 4.78 is 0. The topological polar surface area (TPSA) is 51.2 Å². The molecule has 0 aromatic rings. The zero-order valence-corrected chi connectivity index (χ0v) is 9.30. The largest absolute Gasteiger partial charge is 0.298 e. The lowest BCUT2D eigenvalue weighted by Crippen LogP contribution is -2.56. The molecule has 0 saturated heterocycles. The van der Waals surface area contributed by atoms with Gasteiger partial charge in [0.1, 0.15) is 0 Å². The van der Waals surface area contributed by atoms with Crippen LogP contribution in [-0.4, -0.2) is 17.3 Å². The molecular weight excluding hydrogens is 180 g/mol. The second kappa shape index (κ2) is 2.75. The summed E-state index contributed by atoms with van der Waals surface area (Å²) in [6.45, 7) is 7.98. The van der Waals surface area contributed by atoms with Crippen molar-refractivity contribution >= 4 is 17.3 Å². The summed E-state index contributed by atoms with van der Waals surface area (Å²) in [5, 5.41) is 0. The lowest BCUT2D eigenvalue weighted by atomic mass is 9.59. The molecule has 3 nitrogen and oxygen atoms in total. The van der Waals surface area contributed by atoms with Crippen LogP contribution in [0.2, 0.25) is 0 Å². The van der Waals surface area contributed by atoms with Gasteiger partial charge in [-0.15, -0.1) is 0 Å². The first kappa shape index (κ1) is 11.1. The molecule has 78 valence electrons. The van der Waals surface area contributed by atoms with Crippen LogP contribution in [-0.2, 0) is 14.4 Å². The van der Waals surface area contributed by atoms with Crippen molar-refractivity contribution in [3.05, 3.63) is 0 Å². The maximum atomic E-state index is 11.9. The SMILES string of the molecule is CC1C(=O)C(C)(C)C(=O)C(C)(C)C1=O. The average molecular weight is 196 g/mol. The highest BCUT2D eigenvalue weighted by Crippen LogP contribution is 2.40. The monoisotopic (exact) mass is 196 g/mol. The summed E-state index contributed by atoms with van der Waals surface area (Å²) >= 11 is 0. The fraction of sp³-hybridized carbons (Fsp3) is 0.727. The Kier molecular flexibility index (Phi) is 2.18. The summed E-state index contributed by atoms with van der Waals surface area (Å²) in [6, 6.07) is 0. The third kappa shape index (κ3) is 1.15. The first-order valence-electron chi connectivity index (χ1n) is 4.77. The predicted octanol–water partition coefficient (Wildman–Crippen LogP) is 1.40. The Labute approximate surface area is 83.9 Å². The molecule has 1 aliphatic rings. The molecule has 1 rings (SSSR count). The fourth-order valence-corrected chi connectivity index (χ4v) is 2.21. The zero-order chi connectivity index (χ0) is 11.3. The lowest BCUT2D eigenvalue weighted by Gasteiger charge is -2.39. The van der Waals surface area contributed by atoms with Crippen LogP contribution in [0, 0.1) is 16.7 Å². The molecule has 0 aromatic carbocycles. The van der Waals surface area contributed by atoms with Crippen LogP contribution < -0.4 is 0 Å². The Morgan fingerprint density at radius 2 is 1.14 bits per heavy atom. The van der Waals surface area contributed by atoms with Crippen molar-refractivity contribution in [3.8, 4) is 0 Å². The minimum absolute atomic E-state index is 0.258. The van der Waals surface area contributed by atoms with Crippen LogP contribution in [0.3, 0.4) is 0 Å². The zero-order valence-electron chi connectivity index (χ0n) is 9.30. The van der Waals surface area contributed by atoms with E-state index >= 15 is 0 Å². The molecule has 1 aliphatic carbocycles. The maximum Gasteiger partial charge on any atom is 0.158 e. The van der Waals surface area contributed by atoms with Gasteiger partial charge in [0.2, 0.25) is 0 Å². The Hall–Kier alpha value is -0.990. The molecule has 0 atom stereocenters. The summed E-state index contributed by atoms with van der Waals surface area (Å²) in [4.78, 5) is 35.3. The van der Waals surface area contributed by atoms with Crippen molar-refractivity contribution in [1.82, 2.24) is 0 Å². The van der Waals surface area contributed by atoms with E-state index in [0.717, 1.165) is 0 Å². The fourth-order valence-electron chi connectivity index (χ4n) is 2.21. The summed E-state index contributed by atoms with van der Waals surface area (Å²) in [5.41, 5.74) is -2.03. The Bertz CT molecular complexity index is 293. The van der Waals surface area contributed by atoms with Gasteiger partial charge in [-0.1, -0.05) is 0 Å². The van der Waals surface area contributed by atoms with E-state index in [1.807, 2.05) is 0 Å². The molecule has 1 fully saturated rings. The van der Waals surface area contributed by atoms with Gasteiger partial charge in [0, 0.05) is 0 Å². The van der Waals surface area contributed by atoms with Crippen LogP contribution in [0.25, 0.3) is 0 Å². The van der Waals surface area contributed by atoms with Gasteiger partial charge in [-0.2, -0.15) is 0 Å². The van der Waals surface area contributed by atoms with Gasteiger partial charge in [-0.05, 0) is 34.6 Å². The first-order valence-corrected chi connectivity index (χ1v) is 4.77. The standard InChI is InChI=1S/C11H16O3/c1-6-7(12)10(2,3)9(14)11(4,5)8(6)13/h6H,1-5H3. The van der Waals surface area contributed by atoms with Crippen molar-refractivity contribution in [3.63, 3.8) is 0 Å². The van der Waals surface area contributed by atoms with Crippen molar-refractivity contribution in [2.24, 2.45) is 16.7 Å². The van der Waals surface area contributed by atoms with Crippen LogP contribution in [0.1, 0.15) is 34.6 Å². The van der Waals surface area contributed by atoms with Gasteiger partial charge < -0.3 is 0 Å². The van der Waals surface area contributed by atoms with Crippen molar-refractivity contribution in [2.45, 2.75) is 34.6 Å². The third-order valence-corrected chi connectivity index (χ3v) is 3.15. The van der Waals surface area contributed by atoms with Crippen LogP contribution in [0.5, 0.6) is 0 Å². The number of ketones is 3. The van der Waals surface area contributed by atoms with Crippen molar-refractivity contribution < 1.29 is 14.4 Å². The quantitative estimate of drug-likeness (QED) is 0.550. The molecule has 0 N–H and O–H groups in total. The van der Waals surface area contributed by atoms with Crippen LogP contribution >= 0.6 is 0 Å². The number of hydrogen-bond acceptors (Lipinski definition) is 3. The van der Waals surface area contributed by atoms with E-state index in [1.165, 1.54) is 0 Å². The lowest BCUT2D eigenvalue weighted by molar-refractivity contribution is -0.159. The number of carbonyl (C=O) groups is 3. The highest BCUT2D eigenvalue weighted by molar-refractivity contribution is 6.27. The van der Waals surface area contributed by atoms with E-state index < -0.39 is 16.7 Å². The van der Waals surface area contributed by atoms with Gasteiger partial charge in [-0.3, -0.25) is 14.4 Å². The van der Waals surface area contributed by atoms with Crippen molar-refractivity contribution in [2.75, 3.05) is 0 Å². The molecule has 0 unspecified atom stereocenters. The molecule has 0 aliphatic heterocycles. The van der Waals surface area contributed by atoms with E-state index in [9.17, 15) is 14.4 Å². The van der Waals surface area contributed by atoms with Gasteiger partial charge >= 0.3 is 0 Å². The molecule has 14 heavy (non-hydrogen) atoms. The number of rotatable bonds is 0. The van der Waals surface area contributed by atoms with E-state index in [2.05, 4.69) is 0 Å². The molecule has 0 bridgehead atoms. The first-order chi connectivity index (χ1) is 6.13. The van der Waals surface area contributed by atoms with Crippen molar-refractivity contribution in [1.29, 1.82) is 0 Å². The summed E-state index contributed by atoms with van der Waals surface area (Å²) in [5.74, 6) is -1.44. The van der Waals surface area contributed by atoms with Crippen LogP contribution in [0.4, 0.5) is 0 Å². The molecule has 0 heterocycles. The highest BCUT2D eigenvalue weighted by Gasteiger charge is 2.56. The highest BCUT2D eigenvalue weighted by atomic mass is 16.2. The minimum Gasteiger partial charge on any atom is -0.298 e. The number of Topliss-reactive ketones (excluding diaryl/α,β-unsaturated/α-hetero) is 3. The van der Waals surface area contributed by atoms with E-state index in [-0.39, 0.29) is 17.3 Å². The second-order valence-electron chi connectivity index (χ2n) is 5.03. The molecule has 0 amide bonds. The molecule has 1 saturated carbocycles. The second-order valence-corrected chi connectivity index (χ2v) is 5.03. The van der Waals surface area contributed by atoms with E-state index in [4.69, 9.17) is 0 Å². The molecule has 3 heteroatoms. The van der Waals surface area contributed by atoms with Gasteiger partial charge in [0.05, 0.1) is 16.7 Å². The molecule has 0 radical (unpaired) electrons. The van der Waals surface area contributed by atoms with Gasteiger partial charge in [0.15, 0.2) is 17.3 Å². The molecule has 0 spiro atoms. The summed E-state index contributed by atoms with van der Waals surface area (Å²) in [6.07, 6.45) is 0. The summed E-state index contributed by atoms with van der Waals surface area (Å²) in [7, 11) is 0. The van der Waals surface area contributed by atoms with Crippen LogP contribution in [0.15, 0.2) is 0 Å². The predicted molar refractivity (Wildman–Crippen MR) is 51.7 cm³/mol. The Morgan fingerprint density at radius 1 is 0.857 bits per heavy atom. The van der Waals surface area contributed by atoms with Gasteiger partial charge in [-0.25, -0.2) is 0 Å². The van der Waals surface area contributed by atoms with Gasteiger partial charge in [0.25, 0.3) is 0 Å². The van der Waals surface area contributed by atoms with E-state index in [0.29, 0.717) is 0 Å².